The van der Waals surface area contributed by atoms with Crippen LogP contribution in [0, 0.1) is 0 Å². The molecule has 0 saturated heterocycles. The molecule has 26 heavy (non-hydrogen) atoms. The van der Waals surface area contributed by atoms with E-state index in [2.05, 4.69) is 53.9 Å². The highest BCUT2D eigenvalue weighted by Gasteiger charge is 2.30. The summed E-state index contributed by atoms with van der Waals surface area (Å²) in [5, 5.41) is 14.3. The molecule has 0 amide bonds. The maximum absolute atomic E-state index is 10.7. The number of nitrogens with zero attached hydrogens (tertiary/aromatic N) is 2. The Morgan fingerprint density at radius 3 is 2.65 bits per heavy atom. The quantitative estimate of drug-likeness (QED) is 0.363. The molecular formula is C20H13Br2N3O. The lowest BCUT2D eigenvalue weighted by Crippen LogP contribution is -2.25. The third kappa shape index (κ3) is 2.29. The fourth-order valence-electron chi connectivity index (χ4n) is 3.52. The van der Waals surface area contributed by atoms with E-state index in [1.807, 2.05) is 48.5 Å². The maximum atomic E-state index is 10.7. The van der Waals surface area contributed by atoms with Crippen LogP contribution in [0.2, 0.25) is 0 Å². The minimum absolute atomic E-state index is 0.216. The second-order valence-corrected chi connectivity index (χ2v) is 7.98. The predicted octanol–water partition coefficient (Wildman–Crippen LogP) is 5.91. The Hall–Kier alpha value is -2.31. The lowest BCUT2D eigenvalue weighted by Gasteiger charge is -2.31. The first kappa shape index (κ1) is 15.9. The number of anilines is 1. The molecule has 4 aromatic rings. The van der Waals surface area contributed by atoms with Gasteiger partial charge in [0.25, 0.3) is 0 Å². The first-order valence-corrected chi connectivity index (χ1v) is 9.73. The van der Waals surface area contributed by atoms with Crippen LogP contribution in [-0.4, -0.2) is 14.7 Å². The molecule has 2 N–H and O–H groups in total. The monoisotopic (exact) mass is 469 g/mol. The van der Waals surface area contributed by atoms with E-state index in [0.29, 0.717) is 4.47 Å². The number of rotatable bonds is 1. The van der Waals surface area contributed by atoms with Crippen LogP contribution in [0.4, 0.5) is 5.69 Å². The summed E-state index contributed by atoms with van der Waals surface area (Å²) >= 11 is 6.98. The van der Waals surface area contributed by atoms with Gasteiger partial charge in [0.15, 0.2) is 0 Å². The van der Waals surface area contributed by atoms with Crippen molar-refractivity contribution in [2.24, 2.45) is 0 Å². The highest BCUT2D eigenvalue weighted by Crippen LogP contribution is 2.44. The highest BCUT2D eigenvalue weighted by atomic mass is 79.9. The van der Waals surface area contributed by atoms with Gasteiger partial charge in [0, 0.05) is 21.3 Å². The number of benzene rings is 3. The Morgan fingerprint density at radius 2 is 1.77 bits per heavy atom. The Labute approximate surface area is 166 Å². The molecule has 2 heterocycles. The summed E-state index contributed by atoms with van der Waals surface area (Å²) < 4.78 is 3.68. The van der Waals surface area contributed by atoms with Gasteiger partial charge in [0.1, 0.15) is 17.7 Å². The number of halogens is 2. The van der Waals surface area contributed by atoms with Crippen molar-refractivity contribution in [3.05, 3.63) is 75.2 Å². The van der Waals surface area contributed by atoms with Gasteiger partial charge in [-0.15, -0.1) is 0 Å². The molecule has 5 rings (SSSR count). The van der Waals surface area contributed by atoms with Crippen molar-refractivity contribution in [3.8, 4) is 17.1 Å². The zero-order valence-electron chi connectivity index (χ0n) is 13.4. The van der Waals surface area contributed by atoms with Crippen molar-refractivity contribution >= 4 is 48.6 Å². The third-order valence-electron chi connectivity index (χ3n) is 4.67. The van der Waals surface area contributed by atoms with Crippen molar-refractivity contribution in [1.82, 2.24) is 9.55 Å². The van der Waals surface area contributed by atoms with Crippen molar-refractivity contribution < 1.29 is 5.11 Å². The highest BCUT2D eigenvalue weighted by molar-refractivity contribution is 9.11. The average molecular weight is 471 g/mol. The zero-order chi connectivity index (χ0) is 17.8. The van der Waals surface area contributed by atoms with Crippen LogP contribution in [0.3, 0.4) is 0 Å². The molecule has 0 aliphatic carbocycles. The summed E-state index contributed by atoms with van der Waals surface area (Å²) in [5.41, 5.74) is 4.76. The number of imidazole rings is 1. The summed E-state index contributed by atoms with van der Waals surface area (Å²) in [7, 11) is 0. The van der Waals surface area contributed by atoms with Crippen LogP contribution in [0.5, 0.6) is 5.75 Å². The van der Waals surface area contributed by atoms with E-state index in [0.717, 1.165) is 38.1 Å². The minimum atomic E-state index is -0.277. The fourth-order valence-corrected chi connectivity index (χ4v) is 4.78. The van der Waals surface area contributed by atoms with Crippen molar-refractivity contribution in [1.29, 1.82) is 0 Å². The number of para-hydroxylation sites is 3. The van der Waals surface area contributed by atoms with Crippen LogP contribution in [0.25, 0.3) is 22.4 Å². The smallest absolute Gasteiger partial charge is 0.145 e. The largest absolute Gasteiger partial charge is 0.506 e. The SMILES string of the molecule is Oc1c(Br)cc(Br)cc1[C@@H]1Nc2ccccc2-c2nc3ccccc3n21. The van der Waals surface area contributed by atoms with Gasteiger partial charge < -0.3 is 10.4 Å². The number of fused-ring (bicyclic) bond motifs is 5. The van der Waals surface area contributed by atoms with Crippen LogP contribution in [0.1, 0.15) is 11.7 Å². The number of phenols is 1. The van der Waals surface area contributed by atoms with Crippen LogP contribution < -0.4 is 5.32 Å². The van der Waals surface area contributed by atoms with E-state index in [9.17, 15) is 5.11 Å². The van der Waals surface area contributed by atoms with E-state index in [4.69, 9.17) is 4.98 Å². The molecule has 1 atom stereocenters. The Bertz CT molecular complexity index is 1170. The summed E-state index contributed by atoms with van der Waals surface area (Å²) in [6.45, 7) is 0. The first-order valence-electron chi connectivity index (χ1n) is 8.14. The van der Waals surface area contributed by atoms with Crippen molar-refractivity contribution in [2.45, 2.75) is 6.17 Å². The van der Waals surface area contributed by atoms with Gasteiger partial charge in [-0.25, -0.2) is 4.98 Å². The van der Waals surface area contributed by atoms with Crippen molar-refractivity contribution in [2.75, 3.05) is 5.32 Å². The van der Waals surface area contributed by atoms with Gasteiger partial charge in [-0.05, 0) is 52.3 Å². The summed E-state index contributed by atoms with van der Waals surface area (Å²) in [4.78, 5) is 4.86. The van der Waals surface area contributed by atoms with Gasteiger partial charge in [-0.1, -0.05) is 40.2 Å². The first-order chi connectivity index (χ1) is 12.6. The number of aromatic nitrogens is 2. The topological polar surface area (TPSA) is 50.1 Å². The number of hydrogen-bond acceptors (Lipinski definition) is 3. The predicted molar refractivity (Wildman–Crippen MR) is 110 cm³/mol. The average Bonchev–Trinajstić information content (AvgIpc) is 3.04. The van der Waals surface area contributed by atoms with E-state index in [1.54, 1.807) is 0 Å². The maximum Gasteiger partial charge on any atom is 0.145 e. The lowest BCUT2D eigenvalue weighted by molar-refractivity contribution is 0.456. The molecule has 3 aromatic carbocycles. The second kappa shape index (κ2) is 5.86. The van der Waals surface area contributed by atoms with Gasteiger partial charge in [0.05, 0.1) is 15.5 Å². The molecule has 1 aliphatic heterocycles. The number of phenolic OH excluding ortho intramolecular Hbond substituents is 1. The molecule has 0 bridgehead atoms. The Balaban J connectivity index is 1.85. The van der Waals surface area contributed by atoms with E-state index in [-0.39, 0.29) is 11.9 Å². The minimum Gasteiger partial charge on any atom is -0.506 e. The Morgan fingerprint density at radius 1 is 1.00 bits per heavy atom. The lowest BCUT2D eigenvalue weighted by atomic mass is 10.0. The molecule has 0 saturated carbocycles. The molecule has 1 aromatic heterocycles. The number of hydrogen-bond donors (Lipinski definition) is 2. The van der Waals surface area contributed by atoms with Crippen molar-refractivity contribution in [3.63, 3.8) is 0 Å². The summed E-state index contributed by atoms with van der Waals surface area (Å²) in [5.74, 6) is 1.11. The third-order valence-corrected chi connectivity index (χ3v) is 5.73. The van der Waals surface area contributed by atoms with Crippen LogP contribution in [0.15, 0.2) is 69.6 Å². The molecule has 0 radical (unpaired) electrons. The van der Waals surface area contributed by atoms with Crippen LogP contribution in [-0.2, 0) is 0 Å². The van der Waals surface area contributed by atoms with E-state index < -0.39 is 0 Å². The second-order valence-electron chi connectivity index (χ2n) is 6.21. The number of aromatic hydroxyl groups is 1. The molecular weight excluding hydrogens is 458 g/mol. The van der Waals surface area contributed by atoms with Gasteiger partial charge in [-0.3, -0.25) is 4.57 Å². The normalized spacial score (nSPS) is 15.4. The van der Waals surface area contributed by atoms with Crippen LogP contribution >= 0.6 is 31.9 Å². The molecule has 1 aliphatic rings. The molecule has 6 heteroatoms. The molecule has 0 unspecified atom stereocenters. The van der Waals surface area contributed by atoms with E-state index >= 15 is 0 Å². The molecule has 0 fully saturated rings. The van der Waals surface area contributed by atoms with Gasteiger partial charge >= 0.3 is 0 Å². The molecule has 0 spiro atoms. The standard InChI is InChI=1S/C20H13Br2N3O/c21-11-9-13(18(26)14(22)10-11)20-23-15-6-2-1-5-12(15)19-24-16-7-3-4-8-17(16)25(19)20/h1-10,20,23,26H/t20-/m1/s1. The zero-order valence-corrected chi connectivity index (χ0v) is 16.6. The fraction of sp³-hybridized carbons (Fsp3) is 0.0500. The molecule has 128 valence electrons. The summed E-state index contributed by atoms with van der Waals surface area (Å²) in [6, 6.07) is 19.9. The number of nitrogens with one attached hydrogen (secondary N) is 1. The Kier molecular flexibility index (Phi) is 3.58. The van der Waals surface area contributed by atoms with Gasteiger partial charge in [-0.2, -0.15) is 0 Å². The van der Waals surface area contributed by atoms with Gasteiger partial charge in [0.2, 0.25) is 0 Å². The van der Waals surface area contributed by atoms with E-state index in [1.165, 1.54) is 0 Å². The molecule has 4 nitrogen and oxygen atoms in total. The summed E-state index contributed by atoms with van der Waals surface area (Å²) in [6.07, 6.45) is -0.277.